The maximum Gasteiger partial charge on any atom is 0.410 e. The number of nitrogens with zero attached hydrogens (tertiary/aromatic N) is 3. The third-order valence-electron chi connectivity index (χ3n) is 4.35. The van der Waals surface area contributed by atoms with Crippen molar-refractivity contribution in [3.8, 4) is 0 Å². The van der Waals surface area contributed by atoms with Crippen LogP contribution in [0.1, 0.15) is 64.8 Å². The monoisotopic (exact) mass is 345 g/mol. The van der Waals surface area contributed by atoms with E-state index < -0.39 is 5.60 Å². The highest BCUT2D eigenvalue weighted by atomic mass is 16.6. The zero-order chi connectivity index (χ0) is 18.6. The van der Waals surface area contributed by atoms with E-state index in [1.165, 1.54) is 0 Å². The molecule has 0 saturated carbocycles. The molecule has 0 atom stereocenters. The number of carbonyl (C=O) groups is 1. The Bertz CT molecular complexity index is 657. The Morgan fingerprint density at radius 1 is 1.28 bits per heavy atom. The fourth-order valence-corrected chi connectivity index (χ4v) is 3.10. The lowest BCUT2D eigenvalue weighted by atomic mass is 9.94. The summed E-state index contributed by atoms with van der Waals surface area (Å²) in [4.78, 5) is 14.0. The van der Waals surface area contributed by atoms with Crippen LogP contribution in [-0.4, -0.2) is 39.5 Å². The van der Waals surface area contributed by atoms with Crippen LogP contribution in [0.25, 0.3) is 5.70 Å². The van der Waals surface area contributed by atoms with E-state index in [1.54, 1.807) is 0 Å². The molecule has 0 spiro atoms. The van der Waals surface area contributed by atoms with Crippen molar-refractivity contribution in [1.82, 2.24) is 14.7 Å². The first-order valence-corrected chi connectivity index (χ1v) is 9.09. The number of likely N-dealkylation sites (tertiary alicyclic amines) is 1. The van der Waals surface area contributed by atoms with Gasteiger partial charge in [-0.2, -0.15) is 5.10 Å². The summed E-state index contributed by atoms with van der Waals surface area (Å²) < 4.78 is 7.46. The van der Waals surface area contributed by atoms with Crippen molar-refractivity contribution in [2.24, 2.45) is 0 Å². The fraction of sp³-hybridized carbons (Fsp3) is 0.600. The minimum Gasteiger partial charge on any atom is -0.444 e. The Hall–Kier alpha value is -2.04. The Kier molecular flexibility index (Phi) is 6.09. The van der Waals surface area contributed by atoms with E-state index in [0.717, 1.165) is 43.0 Å². The molecule has 1 aliphatic heterocycles. The molecule has 25 heavy (non-hydrogen) atoms. The first-order valence-electron chi connectivity index (χ1n) is 9.09. The van der Waals surface area contributed by atoms with Gasteiger partial charge in [-0.05, 0) is 66.5 Å². The summed E-state index contributed by atoms with van der Waals surface area (Å²) in [6.45, 7) is 13.3. The van der Waals surface area contributed by atoms with Crippen LogP contribution in [0.4, 0.5) is 4.79 Å². The fourth-order valence-electron chi connectivity index (χ4n) is 3.10. The van der Waals surface area contributed by atoms with Gasteiger partial charge in [0.25, 0.3) is 0 Å². The average molecular weight is 345 g/mol. The summed E-state index contributed by atoms with van der Waals surface area (Å²) in [5, 5.41) is 4.81. The highest BCUT2D eigenvalue weighted by Crippen LogP contribution is 2.29. The molecule has 1 aromatic heterocycles. The number of carbonyl (C=O) groups excluding carboxylic acids is 1. The van der Waals surface area contributed by atoms with Gasteiger partial charge in [0.05, 0.1) is 11.4 Å². The minimum absolute atomic E-state index is 0.211. The molecule has 1 amide bonds. The van der Waals surface area contributed by atoms with Crippen LogP contribution in [-0.2, 0) is 4.74 Å². The largest absolute Gasteiger partial charge is 0.444 e. The Morgan fingerprint density at radius 3 is 2.44 bits per heavy atom. The van der Waals surface area contributed by atoms with Crippen LogP contribution in [0.2, 0.25) is 0 Å². The molecular formula is C20H31N3O2. The molecule has 0 aliphatic carbocycles. The Morgan fingerprint density at radius 2 is 1.92 bits per heavy atom. The second-order valence-corrected chi connectivity index (χ2v) is 7.58. The zero-order valence-corrected chi connectivity index (χ0v) is 16.4. The van der Waals surface area contributed by atoms with Gasteiger partial charge in [-0.25, -0.2) is 9.48 Å². The first kappa shape index (κ1) is 19.3. The van der Waals surface area contributed by atoms with Crippen molar-refractivity contribution in [3.63, 3.8) is 0 Å². The van der Waals surface area contributed by atoms with Crippen molar-refractivity contribution in [1.29, 1.82) is 0 Å². The summed E-state index contributed by atoms with van der Waals surface area (Å²) in [7, 11) is 0. The van der Waals surface area contributed by atoms with Crippen LogP contribution in [0.3, 0.4) is 0 Å². The van der Waals surface area contributed by atoms with Crippen LogP contribution in [0.15, 0.2) is 24.3 Å². The van der Waals surface area contributed by atoms with Crippen LogP contribution in [0.5, 0.6) is 0 Å². The topological polar surface area (TPSA) is 47.4 Å². The SMILES string of the molecule is C/C=C\C(=C/C)n1nc(C2CCN(C(=O)OC(C)(C)C)CC2)cc1C. The molecule has 2 rings (SSSR count). The molecule has 0 bridgehead atoms. The van der Waals surface area contributed by atoms with Crippen molar-refractivity contribution in [2.45, 2.75) is 65.9 Å². The molecule has 1 aliphatic rings. The minimum atomic E-state index is -0.445. The molecular weight excluding hydrogens is 314 g/mol. The molecule has 5 nitrogen and oxygen atoms in total. The third-order valence-corrected chi connectivity index (χ3v) is 4.35. The summed E-state index contributed by atoms with van der Waals surface area (Å²) in [6.07, 6.45) is 7.78. The lowest BCUT2D eigenvalue weighted by Crippen LogP contribution is -2.41. The summed E-state index contributed by atoms with van der Waals surface area (Å²) in [5.74, 6) is 0.391. The normalized spacial score (nSPS) is 17.4. The standard InChI is InChI=1S/C20H31N3O2/c1-7-9-17(8-2)23-15(3)14-18(21-23)16-10-12-22(13-11-16)19(24)25-20(4,5)6/h7-9,14,16H,10-13H2,1-6H3/b9-7-,17-8+. The third kappa shape index (κ3) is 4.97. The molecule has 138 valence electrons. The van der Waals surface area contributed by atoms with Gasteiger partial charge in [0.1, 0.15) is 5.60 Å². The molecule has 0 radical (unpaired) electrons. The second kappa shape index (κ2) is 7.89. The highest BCUT2D eigenvalue weighted by molar-refractivity contribution is 5.68. The van der Waals surface area contributed by atoms with Crippen LogP contribution >= 0.6 is 0 Å². The number of aromatic nitrogens is 2. The maximum absolute atomic E-state index is 12.2. The molecule has 0 aromatic carbocycles. The number of aryl methyl sites for hydroxylation is 1. The summed E-state index contributed by atoms with van der Waals surface area (Å²) in [5.41, 5.74) is 2.89. The van der Waals surface area contributed by atoms with Gasteiger partial charge in [-0.3, -0.25) is 0 Å². The number of amides is 1. The average Bonchev–Trinajstić information content (AvgIpc) is 2.93. The first-order chi connectivity index (χ1) is 11.7. The second-order valence-electron chi connectivity index (χ2n) is 7.58. The van der Waals surface area contributed by atoms with E-state index >= 15 is 0 Å². The molecule has 0 N–H and O–H groups in total. The molecule has 1 saturated heterocycles. The van der Waals surface area contributed by atoms with E-state index in [-0.39, 0.29) is 6.09 Å². The van der Waals surface area contributed by atoms with Crippen molar-refractivity contribution >= 4 is 11.8 Å². The zero-order valence-electron chi connectivity index (χ0n) is 16.4. The quantitative estimate of drug-likeness (QED) is 0.743. The van der Waals surface area contributed by atoms with Gasteiger partial charge in [-0.15, -0.1) is 0 Å². The van der Waals surface area contributed by atoms with Gasteiger partial charge < -0.3 is 9.64 Å². The number of allylic oxidation sites excluding steroid dienone is 4. The van der Waals surface area contributed by atoms with Gasteiger partial charge in [0.15, 0.2) is 0 Å². The molecule has 5 heteroatoms. The smallest absolute Gasteiger partial charge is 0.410 e. The van der Waals surface area contributed by atoms with Gasteiger partial charge in [-0.1, -0.05) is 12.2 Å². The van der Waals surface area contributed by atoms with Gasteiger partial charge in [0.2, 0.25) is 0 Å². The van der Waals surface area contributed by atoms with Crippen LogP contribution < -0.4 is 0 Å². The molecule has 1 aromatic rings. The number of ether oxygens (including phenoxy) is 1. The molecule has 2 heterocycles. The van der Waals surface area contributed by atoms with E-state index in [0.29, 0.717) is 5.92 Å². The number of piperidine rings is 1. The van der Waals surface area contributed by atoms with Crippen molar-refractivity contribution < 1.29 is 9.53 Å². The van der Waals surface area contributed by atoms with Crippen LogP contribution in [0, 0.1) is 6.92 Å². The molecule has 0 unspecified atom stereocenters. The van der Waals surface area contributed by atoms with Gasteiger partial charge in [0, 0.05) is 24.7 Å². The predicted octanol–water partition coefficient (Wildman–Crippen LogP) is 4.74. The lowest BCUT2D eigenvalue weighted by molar-refractivity contribution is 0.0204. The van der Waals surface area contributed by atoms with Gasteiger partial charge >= 0.3 is 6.09 Å². The summed E-state index contributed by atoms with van der Waals surface area (Å²) >= 11 is 0. The van der Waals surface area contributed by atoms with E-state index in [1.807, 2.05) is 50.3 Å². The summed E-state index contributed by atoms with van der Waals surface area (Å²) in [6, 6.07) is 2.17. The highest BCUT2D eigenvalue weighted by Gasteiger charge is 2.28. The Balaban J connectivity index is 2.03. The van der Waals surface area contributed by atoms with E-state index in [2.05, 4.69) is 25.1 Å². The lowest BCUT2D eigenvalue weighted by Gasteiger charge is -2.32. The number of hydrogen-bond acceptors (Lipinski definition) is 3. The number of rotatable bonds is 3. The molecule has 1 fully saturated rings. The predicted molar refractivity (Wildman–Crippen MR) is 102 cm³/mol. The maximum atomic E-state index is 12.2. The van der Waals surface area contributed by atoms with E-state index in [4.69, 9.17) is 9.84 Å². The van der Waals surface area contributed by atoms with E-state index in [9.17, 15) is 4.79 Å². The van der Waals surface area contributed by atoms with Crippen molar-refractivity contribution in [3.05, 3.63) is 35.7 Å². The van der Waals surface area contributed by atoms with Crippen molar-refractivity contribution in [2.75, 3.05) is 13.1 Å². The number of hydrogen-bond donors (Lipinski definition) is 0. The Labute approximate surface area is 151 Å².